The molecular weight excluding hydrogens is 701 g/mol. The number of hydrogen-bond donors (Lipinski definition) is 0. The van der Waals surface area contributed by atoms with Crippen molar-refractivity contribution in [2.24, 2.45) is 0 Å². The van der Waals surface area contributed by atoms with Gasteiger partial charge < -0.3 is 0 Å². The fraction of sp³-hybridized carbons (Fsp3) is 0.0208. The van der Waals surface area contributed by atoms with E-state index in [1.165, 1.54) is 36.7 Å². The Morgan fingerprint density at radius 2 is 1.02 bits per heavy atom. The Hall–Kier alpha value is -6.19. The minimum atomic E-state index is -0.566. The van der Waals surface area contributed by atoms with Gasteiger partial charge in [-0.25, -0.2) is 0 Å². The van der Waals surface area contributed by atoms with E-state index in [-0.39, 0.29) is 15.0 Å². The second-order valence-electron chi connectivity index (χ2n) is 13.8. The average molecular weight is 729 g/mol. The number of nitrogens with zero attached hydrogens (tertiary/aromatic N) is 1. The summed E-state index contributed by atoms with van der Waals surface area (Å²) in [7, 11) is 0. The van der Waals surface area contributed by atoms with E-state index in [1.807, 2.05) is 12.4 Å². The zero-order valence-electron chi connectivity index (χ0n) is 27.8. The van der Waals surface area contributed by atoms with Crippen LogP contribution in [0.15, 0.2) is 173 Å². The summed E-state index contributed by atoms with van der Waals surface area (Å²) in [6.45, 7) is 0. The standard InChI is InChI=1S/C48H27NO2Se/c1-5-13-39-31(9-1)32-21-22-37-44(46(32)50-39)45-38(48(37)35-11-3-7-15-41(35)52-42-16-8-4-12-36(42)48)27-34(43-33-10-2-6-14-40(33)51-47(43)45)30-19-17-28(18-20-30)29-23-25-49-26-24-29/h1-27H. The van der Waals surface area contributed by atoms with E-state index in [0.29, 0.717) is 0 Å². The van der Waals surface area contributed by atoms with Gasteiger partial charge in [0.1, 0.15) is 0 Å². The van der Waals surface area contributed by atoms with Crippen molar-refractivity contribution >= 4 is 67.8 Å². The molecular formula is C48H27NO2Se. The third-order valence-electron chi connectivity index (χ3n) is 11.3. The van der Waals surface area contributed by atoms with Gasteiger partial charge in [-0.3, -0.25) is 4.98 Å². The first kappa shape index (κ1) is 28.5. The summed E-state index contributed by atoms with van der Waals surface area (Å²) in [4.78, 5) is 4.23. The molecule has 2 aliphatic rings. The van der Waals surface area contributed by atoms with E-state index in [1.54, 1.807) is 0 Å². The van der Waals surface area contributed by atoms with Crippen LogP contribution in [0.2, 0.25) is 0 Å². The molecule has 4 heterocycles. The number of pyridine rings is 1. The molecule has 12 rings (SSSR count). The summed E-state index contributed by atoms with van der Waals surface area (Å²) in [6.07, 6.45) is 3.70. The molecule has 1 aliphatic carbocycles. The van der Waals surface area contributed by atoms with E-state index in [9.17, 15) is 0 Å². The van der Waals surface area contributed by atoms with Crippen LogP contribution in [-0.2, 0) is 5.41 Å². The molecule has 0 saturated carbocycles. The summed E-state index contributed by atoms with van der Waals surface area (Å²) >= 11 is 0.167. The van der Waals surface area contributed by atoms with E-state index < -0.39 is 5.41 Å². The van der Waals surface area contributed by atoms with Gasteiger partial charge >= 0.3 is 289 Å². The molecule has 0 amide bonds. The van der Waals surface area contributed by atoms with Gasteiger partial charge in [-0.1, -0.05) is 0 Å². The van der Waals surface area contributed by atoms with Crippen LogP contribution in [0.25, 0.3) is 77.3 Å². The molecule has 0 unspecified atom stereocenters. The Morgan fingerprint density at radius 1 is 0.442 bits per heavy atom. The maximum atomic E-state index is 7.10. The molecule has 0 saturated heterocycles. The second-order valence-corrected chi connectivity index (χ2v) is 16.0. The number of para-hydroxylation sites is 2. The van der Waals surface area contributed by atoms with Crippen LogP contribution in [0.4, 0.5) is 0 Å². The third-order valence-corrected chi connectivity index (χ3v) is 13.7. The molecule has 3 nitrogen and oxygen atoms in total. The van der Waals surface area contributed by atoms with Crippen LogP contribution < -0.4 is 8.92 Å². The van der Waals surface area contributed by atoms with E-state index in [0.717, 1.165) is 71.7 Å². The Kier molecular flexibility index (Phi) is 5.72. The zero-order chi connectivity index (χ0) is 34.0. The summed E-state index contributed by atoms with van der Waals surface area (Å²) < 4.78 is 16.8. The number of aromatic nitrogens is 1. The van der Waals surface area contributed by atoms with Crippen molar-refractivity contribution in [2.45, 2.75) is 5.41 Å². The van der Waals surface area contributed by atoms with Crippen LogP contribution >= 0.6 is 0 Å². The molecule has 0 atom stereocenters. The van der Waals surface area contributed by atoms with E-state index >= 15 is 0 Å². The topological polar surface area (TPSA) is 39.2 Å². The van der Waals surface area contributed by atoms with Gasteiger partial charge in [-0.2, -0.15) is 0 Å². The van der Waals surface area contributed by atoms with Crippen LogP contribution in [0, 0.1) is 0 Å². The predicted octanol–water partition coefficient (Wildman–Crippen LogP) is 10.5. The molecule has 0 fully saturated rings. The Morgan fingerprint density at radius 3 is 1.77 bits per heavy atom. The van der Waals surface area contributed by atoms with Crippen molar-refractivity contribution in [2.75, 3.05) is 0 Å². The normalized spacial score (nSPS) is 13.8. The molecule has 1 aliphatic heterocycles. The van der Waals surface area contributed by atoms with Crippen LogP contribution in [0.1, 0.15) is 22.3 Å². The average Bonchev–Trinajstić information content (AvgIpc) is 3.87. The molecule has 242 valence electrons. The number of hydrogen-bond acceptors (Lipinski definition) is 3. The van der Waals surface area contributed by atoms with Gasteiger partial charge in [0.15, 0.2) is 0 Å². The fourth-order valence-corrected chi connectivity index (χ4v) is 11.6. The quantitative estimate of drug-likeness (QED) is 0.166. The Bertz CT molecular complexity index is 3050. The van der Waals surface area contributed by atoms with Gasteiger partial charge in [-0.15, -0.1) is 0 Å². The summed E-state index contributed by atoms with van der Waals surface area (Å²) in [5.74, 6) is 0. The van der Waals surface area contributed by atoms with Crippen LogP contribution in [0.5, 0.6) is 0 Å². The molecule has 4 heteroatoms. The predicted molar refractivity (Wildman–Crippen MR) is 212 cm³/mol. The first-order valence-electron chi connectivity index (χ1n) is 17.6. The molecule has 3 aromatic heterocycles. The first-order chi connectivity index (χ1) is 25.8. The second kappa shape index (κ2) is 10.4. The number of fused-ring (bicyclic) bond motifs is 17. The SMILES string of the molecule is c1ccc2c(c1)[Se]c1ccccc1C21c2ccc3c(oc4ccccc43)c2-c2c1cc(-c1ccc(-c3ccncc3)cc1)c1c2oc2ccccc21. The van der Waals surface area contributed by atoms with Crippen LogP contribution in [-0.4, -0.2) is 19.9 Å². The van der Waals surface area contributed by atoms with Gasteiger partial charge in [0, 0.05) is 12.4 Å². The fourth-order valence-electron chi connectivity index (χ4n) is 9.13. The van der Waals surface area contributed by atoms with Crippen molar-refractivity contribution in [3.8, 4) is 33.4 Å². The van der Waals surface area contributed by atoms with Gasteiger partial charge in [0.2, 0.25) is 0 Å². The zero-order valence-corrected chi connectivity index (χ0v) is 29.5. The van der Waals surface area contributed by atoms with Crippen molar-refractivity contribution in [3.05, 3.63) is 186 Å². The first-order valence-corrected chi connectivity index (χ1v) is 19.3. The van der Waals surface area contributed by atoms with Crippen molar-refractivity contribution in [1.29, 1.82) is 0 Å². The molecule has 1 spiro atoms. The Labute approximate surface area is 305 Å². The number of rotatable bonds is 2. The Balaban J connectivity index is 1.28. The van der Waals surface area contributed by atoms with Gasteiger partial charge in [0.25, 0.3) is 0 Å². The molecule has 0 bridgehead atoms. The van der Waals surface area contributed by atoms with Crippen LogP contribution in [0.3, 0.4) is 0 Å². The number of furan rings is 2. The minimum absolute atomic E-state index is 0.167. The molecule has 52 heavy (non-hydrogen) atoms. The third kappa shape index (κ3) is 3.63. The monoisotopic (exact) mass is 729 g/mol. The van der Waals surface area contributed by atoms with E-state index in [2.05, 4.69) is 157 Å². The molecule has 0 radical (unpaired) electrons. The van der Waals surface area contributed by atoms with Crippen molar-refractivity contribution < 1.29 is 8.83 Å². The van der Waals surface area contributed by atoms with Gasteiger partial charge in [-0.05, 0) is 0 Å². The van der Waals surface area contributed by atoms with Crippen molar-refractivity contribution in [3.63, 3.8) is 0 Å². The summed E-state index contributed by atoms with van der Waals surface area (Å²) in [5, 5.41) is 4.49. The number of benzene rings is 7. The van der Waals surface area contributed by atoms with Crippen molar-refractivity contribution in [1.82, 2.24) is 4.98 Å². The van der Waals surface area contributed by atoms with E-state index in [4.69, 9.17) is 8.83 Å². The summed E-state index contributed by atoms with van der Waals surface area (Å²) in [5.41, 5.74) is 15.1. The molecule has 7 aromatic carbocycles. The maximum absolute atomic E-state index is 7.10. The van der Waals surface area contributed by atoms with Gasteiger partial charge in [0.05, 0.1) is 0 Å². The summed E-state index contributed by atoms with van der Waals surface area (Å²) in [6, 6.07) is 55.3. The molecule has 0 N–H and O–H groups in total. The molecule has 10 aromatic rings.